The van der Waals surface area contributed by atoms with Crippen LogP contribution < -0.4 is 5.32 Å². The number of ether oxygens (including phenoxy) is 8. The summed E-state index contributed by atoms with van der Waals surface area (Å²) in [5.74, 6) is -0.178. The van der Waals surface area contributed by atoms with Crippen LogP contribution in [0.15, 0.2) is 11.6 Å². The molecule has 17 nitrogen and oxygen atoms in total. The first kappa shape index (κ1) is 50.3. The predicted molar refractivity (Wildman–Crippen MR) is 225 cm³/mol. The quantitative estimate of drug-likeness (QED) is 0.162. The van der Waals surface area contributed by atoms with Crippen LogP contribution in [0.5, 0.6) is 0 Å². The standard InChI is InChI=1S/C47H72F3NO16/c1-19-9-14-46(60-18-19)20(2)30-28(67-46)16-27-25-8-7-23-15-24(10-12-44(23,5)26(25)11-13-45(27,30)6)63-42-39(66-41-36(57)34(55)32(53)22(4)62-41)37(58)38(29(64-42)17-51-43(59)47(48,49)50)65-40-35(56)33(54)31(52)21(3)61-40/h7,19-22,24-42,52-58H,8-18H2,1-6H3,(H,51,59)/t19-,20+,21-,22-,24+,25-,26+,27+,28+,29-,30+,31-,32-,33+,34+,35+,36+,37+,38-,39-,40-,41-,42-,44+,45+,46-/m1/s1. The van der Waals surface area contributed by atoms with E-state index in [1.807, 2.05) is 0 Å². The van der Waals surface area contributed by atoms with Crippen molar-refractivity contribution in [3.05, 3.63) is 11.6 Å². The lowest BCUT2D eigenvalue weighted by atomic mass is 9.47. The van der Waals surface area contributed by atoms with Crippen molar-refractivity contribution in [2.45, 2.75) is 216 Å². The molecule has 382 valence electrons. The van der Waals surface area contributed by atoms with Crippen LogP contribution in [0.3, 0.4) is 0 Å². The minimum atomic E-state index is -5.28. The van der Waals surface area contributed by atoms with E-state index >= 15 is 0 Å². The SMILES string of the molecule is C[C@@H]1CC[C@@]2(OC1)O[C@H]1C[C@H]3[C@@H]4CC=C5C[C@@H](O[C@@H]6O[C@H](CNC(=O)C(F)(F)F)[C@@H](O[C@H]7O[C@H](C)[C@@H](O)[C@H](O)[C@@H]7O)[C@H](O)[C@H]6O[C@H]6O[C@H](C)[C@@H](O)[C@H](O)[C@@H]6O)CC[C@]5(C)[C@H]4CC[C@]3(C)[C@H]1[C@@H]2C. The summed E-state index contributed by atoms with van der Waals surface area (Å²) in [5.41, 5.74) is 1.20. The number of alkyl halides is 3. The number of halogens is 3. The van der Waals surface area contributed by atoms with Crippen LogP contribution in [0.4, 0.5) is 13.2 Å². The van der Waals surface area contributed by atoms with Gasteiger partial charge < -0.3 is 79.0 Å². The number of carbonyl (C=O) groups excluding carboxylic acids is 1. The average molecular weight is 964 g/mol. The number of aliphatic hydroxyl groups excluding tert-OH is 7. The van der Waals surface area contributed by atoms with Gasteiger partial charge in [-0.2, -0.15) is 13.2 Å². The highest BCUT2D eigenvalue weighted by molar-refractivity contribution is 5.81. The Labute approximate surface area is 388 Å². The zero-order chi connectivity index (χ0) is 48.3. The van der Waals surface area contributed by atoms with Crippen LogP contribution in [-0.2, 0) is 42.7 Å². The van der Waals surface area contributed by atoms with Crippen molar-refractivity contribution in [3.8, 4) is 0 Å². The van der Waals surface area contributed by atoms with E-state index < -0.39 is 123 Å². The molecular weight excluding hydrogens is 892 g/mol. The fraction of sp³-hybridized carbons (Fsp3) is 0.936. The highest BCUT2D eigenvalue weighted by Gasteiger charge is 2.69. The predicted octanol–water partition coefficient (Wildman–Crippen LogP) is 1.93. The average Bonchev–Trinajstić information content (AvgIpc) is 3.73. The summed E-state index contributed by atoms with van der Waals surface area (Å²) in [6, 6.07) is 0. The number of nitrogens with one attached hydrogen (secondary N) is 1. The largest absolute Gasteiger partial charge is 0.471 e. The van der Waals surface area contributed by atoms with Gasteiger partial charge in [0.15, 0.2) is 24.7 Å². The molecule has 5 aliphatic heterocycles. The van der Waals surface area contributed by atoms with E-state index in [-0.39, 0.29) is 16.9 Å². The molecule has 3 saturated carbocycles. The van der Waals surface area contributed by atoms with Gasteiger partial charge in [-0.05, 0) is 106 Å². The van der Waals surface area contributed by atoms with Crippen molar-refractivity contribution in [1.82, 2.24) is 5.32 Å². The molecule has 0 aromatic rings. The molecule has 0 unspecified atom stereocenters. The number of fused-ring (bicyclic) bond motifs is 7. The molecule has 0 bridgehead atoms. The van der Waals surface area contributed by atoms with Crippen molar-refractivity contribution in [2.75, 3.05) is 13.2 Å². The van der Waals surface area contributed by atoms with Crippen molar-refractivity contribution in [3.63, 3.8) is 0 Å². The van der Waals surface area contributed by atoms with E-state index in [1.165, 1.54) is 19.4 Å². The molecular formula is C47H72F3NO16. The first-order valence-electron chi connectivity index (χ1n) is 24.5. The Kier molecular flexibility index (Phi) is 13.9. The third-order valence-corrected chi connectivity index (χ3v) is 18.2. The molecule has 5 heterocycles. The summed E-state index contributed by atoms with van der Waals surface area (Å²) in [6.45, 7) is 12.0. The summed E-state index contributed by atoms with van der Waals surface area (Å²) in [5, 5.41) is 77.6. The zero-order valence-electron chi connectivity index (χ0n) is 39.1. The van der Waals surface area contributed by atoms with Crippen molar-refractivity contribution >= 4 is 5.91 Å². The van der Waals surface area contributed by atoms with Crippen molar-refractivity contribution in [1.29, 1.82) is 0 Å². The smallest absolute Gasteiger partial charge is 0.388 e. The molecule has 0 radical (unpaired) electrons. The Hall–Kier alpha value is -1.60. The minimum absolute atomic E-state index is 0.122. The number of rotatable bonds is 8. The van der Waals surface area contributed by atoms with E-state index in [9.17, 15) is 53.7 Å². The van der Waals surface area contributed by atoms with Crippen molar-refractivity contribution in [2.24, 2.45) is 46.3 Å². The van der Waals surface area contributed by atoms with Crippen LogP contribution in [0.2, 0.25) is 0 Å². The fourth-order valence-corrected chi connectivity index (χ4v) is 14.3. The Balaban J connectivity index is 0.952. The van der Waals surface area contributed by atoms with Gasteiger partial charge in [0.25, 0.3) is 0 Å². The molecule has 0 aromatic heterocycles. The molecule has 8 fully saturated rings. The lowest BCUT2D eigenvalue weighted by Crippen LogP contribution is -2.67. The number of amides is 1. The maximum absolute atomic E-state index is 13.5. The topological polar surface area (TPSA) is 245 Å². The fourth-order valence-electron chi connectivity index (χ4n) is 14.3. The highest BCUT2D eigenvalue weighted by Crippen LogP contribution is 2.70. The van der Waals surface area contributed by atoms with Gasteiger partial charge in [-0.15, -0.1) is 0 Å². The van der Waals surface area contributed by atoms with Crippen molar-refractivity contribution < 1.29 is 91.6 Å². The Bertz CT molecular complexity index is 1820. The van der Waals surface area contributed by atoms with Gasteiger partial charge in [-0.1, -0.05) is 39.3 Å². The van der Waals surface area contributed by atoms with E-state index in [0.29, 0.717) is 48.3 Å². The first-order valence-corrected chi connectivity index (χ1v) is 24.5. The third-order valence-electron chi connectivity index (χ3n) is 18.2. The van der Waals surface area contributed by atoms with Gasteiger partial charge in [0.05, 0.1) is 31.0 Å². The lowest BCUT2D eigenvalue weighted by Gasteiger charge is -2.59. The highest BCUT2D eigenvalue weighted by atomic mass is 19.4. The summed E-state index contributed by atoms with van der Waals surface area (Å²) >= 11 is 0. The maximum Gasteiger partial charge on any atom is 0.471 e. The summed E-state index contributed by atoms with van der Waals surface area (Å²) in [7, 11) is 0. The lowest BCUT2D eigenvalue weighted by molar-refractivity contribution is -0.386. The van der Waals surface area contributed by atoms with Crippen LogP contribution >= 0.6 is 0 Å². The number of aliphatic hydroxyl groups is 7. The Morgan fingerprint density at radius 3 is 2.01 bits per heavy atom. The summed E-state index contributed by atoms with van der Waals surface area (Å²) < 4.78 is 90.3. The molecule has 67 heavy (non-hydrogen) atoms. The molecule has 9 aliphatic rings. The molecule has 9 rings (SSSR count). The molecule has 8 N–H and O–H groups in total. The maximum atomic E-state index is 13.5. The monoisotopic (exact) mass is 963 g/mol. The third kappa shape index (κ3) is 8.74. The molecule has 20 heteroatoms. The van der Waals surface area contributed by atoms with Gasteiger partial charge in [0.2, 0.25) is 0 Å². The number of carbonyl (C=O) groups is 1. The second kappa shape index (κ2) is 18.5. The van der Waals surface area contributed by atoms with Gasteiger partial charge in [0, 0.05) is 18.9 Å². The van der Waals surface area contributed by atoms with Crippen LogP contribution in [0.25, 0.3) is 0 Å². The summed E-state index contributed by atoms with van der Waals surface area (Å²) in [4.78, 5) is 12.1. The second-order valence-electron chi connectivity index (χ2n) is 22.1. The Morgan fingerprint density at radius 1 is 0.761 bits per heavy atom. The zero-order valence-corrected chi connectivity index (χ0v) is 39.1. The number of allylic oxidation sites excluding steroid dienone is 1. The number of hydrogen-bond acceptors (Lipinski definition) is 16. The molecule has 1 amide bonds. The summed E-state index contributed by atoms with van der Waals surface area (Å²) in [6.07, 6.45) is -20.1. The molecule has 4 aliphatic carbocycles. The normalized spacial score (nSPS) is 54.4. The molecule has 26 atom stereocenters. The second-order valence-corrected chi connectivity index (χ2v) is 22.1. The van der Waals surface area contributed by atoms with Gasteiger partial charge in [-0.3, -0.25) is 4.79 Å². The molecule has 0 aromatic carbocycles. The molecule has 5 saturated heterocycles. The minimum Gasteiger partial charge on any atom is -0.388 e. The van der Waals surface area contributed by atoms with E-state index in [0.717, 1.165) is 51.6 Å². The molecule has 1 spiro atoms. The van der Waals surface area contributed by atoms with E-state index in [2.05, 4.69) is 33.8 Å². The van der Waals surface area contributed by atoms with Crippen LogP contribution in [-0.4, -0.2) is 171 Å². The van der Waals surface area contributed by atoms with Gasteiger partial charge in [0.1, 0.15) is 61.0 Å². The number of hydrogen-bond donors (Lipinski definition) is 8. The van der Waals surface area contributed by atoms with Crippen LogP contribution in [0, 0.1) is 46.3 Å². The van der Waals surface area contributed by atoms with E-state index in [1.54, 1.807) is 5.32 Å². The van der Waals surface area contributed by atoms with Gasteiger partial charge in [-0.25, -0.2) is 0 Å². The van der Waals surface area contributed by atoms with Gasteiger partial charge >= 0.3 is 12.1 Å². The van der Waals surface area contributed by atoms with Crippen LogP contribution in [0.1, 0.15) is 99.3 Å². The van der Waals surface area contributed by atoms with E-state index in [4.69, 9.17) is 37.9 Å². The Morgan fingerprint density at radius 2 is 1.40 bits per heavy atom. The first-order chi connectivity index (χ1) is 31.5.